The minimum Gasteiger partial charge on any atom is -0.348 e. The molecule has 2 heterocycles. The molecule has 1 aliphatic carbocycles. The van der Waals surface area contributed by atoms with Crippen LogP contribution in [0, 0.1) is 16.7 Å². The number of nitriles is 1. The molecule has 6 nitrogen and oxygen atoms in total. The molecular formula is C22H22N4O2. The SMILES string of the molecule is N#Cc1cccc(N2CCC3(CCCC(NC(=O)c4ccccn4)C3)C2=O)c1. The van der Waals surface area contributed by atoms with Gasteiger partial charge in [0, 0.05) is 24.5 Å². The summed E-state index contributed by atoms with van der Waals surface area (Å²) in [5, 5.41) is 12.2. The Morgan fingerprint density at radius 3 is 2.93 bits per heavy atom. The lowest BCUT2D eigenvalue weighted by atomic mass is 9.71. The third kappa shape index (κ3) is 3.36. The lowest BCUT2D eigenvalue weighted by Crippen LogP contribution is -2.46. The second-order valence-electron chi connectivity index (χ2n) is 7.63. The maximum absolute atomic E-state index is 13.3. The van der Waals surface area contributed by atoms with E-state index >= 15 is 0 Å². The number of hydrogen-bond acceptors (Lipinski definition) is 4. The molecule has 1 spiro atoms. The molecule has 2 unspecified atom stereocenters. The molecular weight excluding hydrogens is 352 g/mol. The molecule has 1 aliphatic heterocycles. The van der Waals surface area contributed by atoms with Crippen LogP contribution in [0.5, 0.6) is 0 Å². The quantitative estimate of drug-likeness (QED) is 0.895. The molecule has 142 valence electrons. The standard InChI is InChI=1S/C22H22N4O2/c23-15-16-5-3-7-18(13-16)26-12-10-22(21(26)28)9-4-6-17(14-22)25-20(27)19-8-1-2-11-24-19/h1-3,5,7-8,11,13,17H,4,6,9-10,12,14H2,(H,25,27). The van der Waals surface area contributed by atoms with Gasteiger partial charge in [-0.1, -0.05) is 18.6 Å². The van der Waals surface area contributed by atoms with Gasteiger partial charge in [0.1, 0.15) is 5.69 Å². The summed E-state index contributed by atoms with van der Waals surface area (Å²) in [5.41, 5.74) is 1.30. The van der Waals surface area contributed by atoms with Crippen LogP contribution in [-0.4, -0.2) is 29.4 Å². The van der Waals surface area contributed by atoms with Crippen molar-refractivity contribution in [1.29, 1.82) is 5.26 Å². The maximum atomic E-state index is 13.3. The van der Waals surface area contributed by atoms with Crippen LogP contribution in [-0.2, 0) is 4.79 Å². The highest BCUT2D eigenvalue weighted by atomic mass is 16.2. The minimum absolute atomic E-state index is 0.0300. The molecule has 2 fully saturated rings. The number of aromatic nitrogens is 1. The Morgan fingerprint density at radius 2 is 2.14 bits per heavy atom. The smallest absolute Gasteiger partial charge is 0.270 e. The normalized spacial score (nSPS) is 24.2. The number of carbonyl (C=O) groups excluding carboxylic acids is 2. The highest BCUT2D eigenvalue weighted by molar-refractivity contribution is 6.00. The average molecular weight is 374 g/mol. The summed E-state index contributed by atoms with van der Waals surface area (Å²) in [6.07, 6.45) is 5.65. The molecule has 2 atom stereocenters. The van der Waals surface area contributed by atoms with Crippen molar-refractivity contribution in [2.75, 3.05) is 11.4 Å². The summed E-state index contributed by atoms with van der Waals surface area (Å²) in [7, 11) is 0. The Kier molecular flexibility index (Phi) is 4.82. The van der Waals surface area contributed by atoms with E-state index in [1.165, 1.54) is 0 Å². The zero-order valence-corrected chi connectivity index (χ0v) is 15.6. The molecule has 0 bridgehead atoms. The zero-order chi connectivity index (χ0) is 19.6. The second kappa shape index (κ2) is 7.43. The molecule has 2 aromatic rings. The number of rotatable bonds is 3. The lowest BCUT2D eigenvalue weighted by Gasteiger charge is -2.36. The molecule has 1 aromatic carbocycles. The maximum Gasteiger partial charge on any atom is 0.270 e. The van der Waals surface area contributed by atoms with E-state index in [1.807, 2.05) is 12.1 Å². The van der Waals surface area contributed by atoms with E-state index in [1.54, 1.807) is 41.4 Å². The van der Waals surface area contributed by atoms with Gasteiger partial charge in [-0.3, -0.25) is 14.6 Å². The van der Waals surface area contributed by atoms with Crippen molar-refractivity contribution in [3.05, 3.63) is 59.9 Å². The first-order chi connectivity index (χ1) is 13.6. The topological polar surface area (TPSA) is 86.1 Å². The van der Waals surface area contributed by atoms with E-state index in [4.69, 9.17) is 5.26 Å². The van der Waals surface area contributed by atoms with Crippen LogP contribution in [0.15, 0.2) is 48.7 Å². The summed E-state index contributed by atoms with van der Waals surface area (Å²) in [4.78, 5) is 31.7. The van der Waals surface area contributed by atoms with Crippen LogP contribution in [0.2, 0.25) is 0 Å². The Bertz CT molecular complexity index is 937. The summed E-state index contributed by atoms with van der Waals surface area (Å²) in [6, 6.07) is 14.5. The van der Waals surface area contributed by atoms with Gasteiger partial charge < -0.3 is 10.2 Å². The van der Waals surface area contributed by atoms with Gasteiger partial charge in [0.05, 0.1) is 17.0 Å². The molecule has 1 saturated carbocycles. The number of nitrogens with one attached hydrogen (secondary N) is 1. The number of hydrogen-bond donors (Lipinski definition) is 1. The van der Waals surface area contributed by atoms with E-state index in [0.717, 1.165) is 31.4 Å². The summed E-state index contributed by atoms with van der Waals surface area (Å²) in [6.45, 7) is 0.647. The summed E-state index contributed by atoms with van der Waals surface area (Å²) >= 11 is 0. The number of nitrogens with zero attached hydrogens (tertiary/aromatic N) is 3. The molecule has 1 N–H and O–H groups in total. The Morgan fingerprint density at radius 1 is 1.25 bits per heavy atom. The third-order valence-corrected chi connectivity index (χ3v) is 5.88. The van der Waals surface area contributed by atoms with Gasteiger partial charge in [0.15, 0.2) is 0 Å². The average Bonchev–Trinajstić information content (AvgIpc) is 3.04. The van der Waals surface area contributed by atoms with E-state index in [2.05, 4.69) is 16.4 Å². The van der Waals surface area contributed by atoms with Gasteiger partial charge in [-0.2, -0.15) is 5.26 Å². The van der Waals surface area contributed by atoms with Crippen molar-refractivity contribution >= 4 is 17.5 Å². The molecule has 28 heavy (non-hydrogen) atoms. The summed E-state index contributed by atoms with van der Waals surface area (Å²) < 4.78 is 0. The van der Waals surface area contributed by atoms with E-state index < -0.39 is 5.41 Å². The number of pyridine rings is 1. The Hall–Kier alpha value is -3.20. The molecule has 1 saturated heterocycles. The first-order valence-electron chi connectivity index (χ1n) is 9.65. The molecule has 4 rings (SSSR count). The monoisotopic (exact) mass is 374 g/mol. The van der Waals surface area contributed by atoms with Gasteiger partial charge in [-0.25, -0.2) is 0 Å². The fraction of sp³-hybridized carbons (Fsp3) is 0.364. The molecule has 6 heteroatoms. The summed E-state index contributed by atoms with van der Waals surface area (Å²) in [5.74, 6) is -0.0777. The van der Waals surface area contributed by atoms with E-state index in [9.17, 15) is 9.59 Å². The number of amides is 2. The minimum atomic E-state index is -0.428. The van der Waals surface area contributed by atoms with Crippen molar-refractivity contribution in [2.45, 2.75) is 38.1 Å². The van der Waals surface area contributed by atoms with Crippen molar-refractivity contribution in [1.82, 2.24) is 10.3 Å². The second-order valence-corrected chi connectivity index (χ2v) is 7.63. The van der Waals surface area contributed by atoms with Crippen molar-refractivity contribution < 1.29 is 9.59 Å². The number of anilines is 1. The zero-order valence-electron chi connectivity index (χ0n) is 15.6. The lowest BCUT2D eigenvalue weighted by molar-refractivity contribution is -0.127. The van der Waals surface area contributed by atoms with Gasteiger partial charge >= 0.3 is 0 Å². The fourth-order valence-electron chi connectivity index (χ4n) is 4.47. The first kappa shape index (κ1) is 18.2. The van der Waals surface area contributed by atoms with Crippen LogP contribution in [0.4, 0.5) is 5.69 Å². The largest absolute Gasteiger partial charge is 0.348 e. The molecule has 0 radical (unpaired) electrons. The molecule has 2 aliphatic rings. The van der Waals surface area contributed by atoms with Crippen molar-refractivity contribution in [3.8, 4) is 6.07 Å². The van der Waals surface area contributed by atoms with Crippen molar-refractivity contribution in [2.24, 2.45) is 5.41 Å². The van der Waals surface area contributed by atoms with E-state index in [-0.39, 0.29) is 17.9 Å². The van der Waals surface area contributed by atoms with Crippen LogP contribution in [0.1, 0.15) is 48.2 Å². The van der Waals surface area contributed by atoms with Gasteiger partial charge in [-0.05, 0) is 56.0 Å². The molecule has 2 amide bonds. The van der Waals surface area contributed by atoms with Gasteiger partial charge in [-0.15, -0.1) is 0 Å². The van der Waals surface area contributed by atoms with Crippen LogP contribution in [0.3, 0.4) is 0 Å². The Labute approximate surface area is 164 Å². The number of carbonyl (C=O) groups is 2. The third-order valence-electron chi connectivity index (χ3n) is 5.88. The van der Waals surface area contributed by atoms with Crippen LogP contribution < -0.4 is 10.2 Å². The van der Waals surface area contributed by atoms with Gasteiger partial charge in [0.25, 0.3) is 5.91 Å². The first-order valence-corrected chi connectivity index (χ1v) is 9.65. The fourth-order valence-corrected chi connectivity index (χ4v) is 4.47. The predicted molar refractivity (Wildman–Crippen MR) is 105 cm³/mol. The highest BCUT2D eigenvalue weighted by Crippen LogP contribution is 2.46. The van der Waals surface area contributed by atoms with E-state index in [0.29, 0.717) is 24.2 Å². The van der Waals surface area contributed by atoms with Crippen molar-refractivity contribution in [3.63, 3.8) is 0 Å². The predicted octanol–water partition coefficient (Wildman–Crippen LogP) is 3.05. The Balaban J connectivity index is 1.48. The highest BCUT2D eigenvalue weighted by Gasteiger charge is 2.49. The number of benzene rings is 1. The van der Waals surface area contributed by atoms with Crippen LogP contribution in [0.25, 0.3) is 0 Å². The van der Waals surface area contributed by atoms with Gasteiger partial charge in [0.2, 0.25) is 5.91 Å². The molecule has 1 aromatic heterocycles. The van der Waals surface area contributed by atoms with Crippen LogP contribution >= 0.6 is 0 Å².